The average Bonchev–Trinajstić information content (AvgIpc) is 3.22. The number of ether oxygens (including phenoxy) is 2. The molecular formula is C22H26N2O3. The summed E-state index contributed by atoms with van der Waals surface area (Å²) >= 11 is 0. The molecule has 1 fully saturated rings. The second-order valence-corrected chi connectivity index (χ2v) is 7.29. The molecule has 3 atom stereocenters. The Morgan fingerprint density at radius 2 is 1.89 bits per heavy atom. The minimum Gasteiger partial charge on any atom is -0.486 e. The van der Waals surface area contributed by atoms with Gasteiger partial charge in [0.1, 0.15) is 13.2 Å². The average molecular weight is 366 g/mol. The van der Waals surface area contributed by atoms with Crippen LogP contribution in [0.15, 0.2) is 48.5 Å². The van der Waals surface area contributed by atoms with Crippen LogP contribution in [-0.4, -0.2) is 30.6 Å². The summed E-state index contributed by atoms with van der Waals surface area (Å²) in [5.74, 6) is 1.37. The van der Waals surface area contributed by atoms with Crippen molar-refractivity contribution in [2.24, 2.45) is 11.7 Å². The molecule has 1 saturated heterocycles. The standard InChI is InChI=1S/C22H26N2O3/c1-15(20(23)16-7-3-2-4-8-16)22(25)24-12-6-10-18(24)17-9-5-11-19-21(17)27-14-13-26-19/h2-5,7-9,11,15,18,20H,6,10,12-14,23H2,1H3. The van der Waals surface area contributed by atoms with Crippen molar-refractivity contribution in [1.29, 1.82) is 0 Å². The van der Waals surface area contributed by atoms with Crippen LogP contribution in [0, 0.1) is 5.92 Å². The van der Waals surface area contributed by atoms with Crippen molar-refractivity contribution in [2.45, 2.75) is 31.8 Å². The highest BCUT2D eigenvalue weighted by atomic mass is 16.6. The molecule has 5 heteroatoms. The number of carbonyl (C=O) groups excluding carboxylic acids is 1. The van der Waals surface area contributed by atoms with Crippen molar-refractivity contribution in [1.82, 2.24) is 4.90 Å². The van der Waals surface area contributed by atoms with E-state index in [4.69, 9.17) is 15.2 Å². The lowest BCUT2D eigenvalue weighted by Crippen LogP contribution is -2.39. The number of likely N-dealkylation sites (tertiary alicyclic amines) is 1. The second kappa shape index (κ2) is 7.61. The molecule has 1 amide bonds. The predicted molar refractivity (Wildman–Crippen MR) is 104 cm³/mol. The van der Waals surface area contributed by atoms with Gasteiger partial charge in [-0.1, -0.05) is 49.4 Å². The van der Waals surface area contributed by atoms with Gasteiger partial charge in [-0.25, -0.2) is 0 Å². The topological polar surface area (TPSA) is 64.8 Å². The molecule has 0 radical (unpaired) electrons. The van der Waals surface area contributed by atoms with Crippen LogP contribution in [0.5, 0.6) is 11.5 Å². The molecule has 0 bridgehead atoms. The third-order valence-corrected chi connectivity index (χ3v) is 5.60. The lowest BCUT2D eigenvalue weighted by Gasteiger charge is -2.32. The number of para-hydroxylation sites is 1. The minimum atomic E-state index is -0.316. The van der Waals surface area contributed by atoms with Gasteiger partial charge in [0.15, 0.2) is 11.5 Å². The minimum absolute atomic E-state index is 0.0135. The van der Waals surface area contributed by atoms with E-state index in [9.17, 15) is 4.79 Å². The van der Waals surface area contributed by atoms with Crippen LogP contribution < -0.4 is 15.2 Å². The van der Waals surface area contributed by atoms with Gasteiger partial charge in [-0.3, -0.25) is 4.79 Å². The fourth-order valence-electron chi connectivity index (χ4n) is 4.09. The number of carbonyl (C=O) groups is 1. The Bertz CT molecular complexity index is 808. The van der Waals surface area contributed by atoms with E-state index in [1.54, 1.807) is 0 Å². The van der Waals surface area contributed by atoms with Gasteiger partial charge < -0.3 is 20.1 Å². The van der Waals surface area contributed by atoms with E-state index in [2.05, 4.69) is 0 Å². The zero-order valence-electron chi connectivity index (χ0n) is 15.6. The molecule has 2 aliphatic heterocycles. The van der Waals surface area contributed by atoms with E-state index in [1.165, 1.54) is 0 Å². The highest BCUT2D eigenvalue weighted by Crippen LogP contribution is 2.43. The van der Waals surface area contributed by atoms with Crippen molar-refractivity contribution < 1.29 is 14.3 Å². The van der Waals surface area contributed by atoms with Crippen LogP contribution in [0.1, 0.15) is 43.0 Å². The largest absolute Gasteiger partial charge is 0.486 e. The van der Waals surface area contributed by atoms with Gasteiger partial charge in [0.2, 0.25) is 5.91 Å². The van der Waals surface area contributed by atoms with E-state index >= 15 is 0 Å². The van der Waals surface area contributed by atoms with Crippen LogP contribution in [0.2, 0.25) is 0 Å². The summed E-state index contributed by atoms with van der Waals surface area (Å²) in [5.41, 5.74) is 8.44. The summed E-state index contributed by atoms with van der Waals surface area (Å²) < 4.78 is 11.6. The fraction of sp³-hybridized carbons (Fsp3) is 0.409. The number of nitrogens with two attached hydrogens (primary N) is 1. The molecule has 4 rings (SSSR count). The third kappa shape index (κ3) is 3.39. The van der Waals surface area contributed by atoms with Crippen molar-refractivity contribution >= 4 is 5.91 Å². The van der Waals surface area contributed by atoms with Gasteiger partial charge in [-0.2, -0.15) is 0 Å². The molecule has 2 heterocycles. The second-order valence-electron chi connectivity index (χ2n) is 7.29. The van der Waals surface area contributed by atoms with Gasteiger partial charge >= 0.3 is 0 Å². The van der Waals surface area contributed by atoms with Gasteiger partial charge in [0.25, 0.3) is 0 Å². The Labute approximate surface area is 160 Å². The summed E-state index contributed by atoms with van der Waals surface area (Å²) in [5, 5.41) is 0. The quantitative estimate of drug-likeness (QED) is 0.900. The summed E-state index contributed by atoms with van der Waals surface area (Å²) in [6.45, 7) is 3.78. The van der Waals surface area contributed by atoms with Crippen LogP contribution in [0.3, 0.4) is 0 Å². The van der Waals surface area contributed by atoms with Crippen molar-refractivity contribution in [3.63, 3.8) is 0 Å². The highest BCUT2D eigenvalue weighted by molar-refractivity contribution is 5.80. The Hall–Kier alpha value is -2.53. The Morgan fingerprint density at radius 3 is 2.70 bits per heavy atom. The van der Waals surface area contributed by atoms with Gasteiger partial charge in [-0.15, -0.1) is 0 Å². The van der Waals surface area contributed by atoms with Crippen LogP contribution in [0.4, 0.5) is 0 Å². The summed E-state index contributed by atoms with van der Waals surface area (Å²) in [6, 6.07) is 15.5. The fourth-order valence-corrected chi connectivity index (χ4v) is 4.09. The molecule has 3 unspecified atom stereocenters. The number of fused-ring (bicyclic) bond motifs is 1. The van der Waals surface area contributed by atoms with E-state index in [1.807, 2.05) is 60.4 Å². The molecule has 27 heavy (non-hydrogen) atoms. The highest BCUT2D eigenvalue weighted by Gasteiger charge is 2.36. The maximum atomic E-state index is 13.3. The zero-order valence-corrected chi connectivity index (χ0v) is 15.6. The summed E-state index contributed by atoms with van der Waals surface area (Å²) in [6.07, 6.45) is 1.91. The number of rotatable bonds is 4. The molecular weight excluding hydrogens is 340 g/mol. The van der Waals surface area contributed by atoms with Crippen molar-refractivity contribution in [2.75, 3.05) is 19.8 Å². The van der Waals surface area contributed by atoms with E-state index in [-0.39, 0.29) is 23.9 Å². The first kappa shape index (κ1) is 17.9. The number of amides is 1. The smallest absolute Gasteiger partial charge is 0.227 e. The molecule has 2 aromatic carbocycles. The first-order chi connectivity index (χ1) is 13.2. The SMILES string of the molecule is CC(C(=O)N1CCCC1c1cccc2c1OCCO2)C(N)c1ccccc1. The van der Waals surface area contributed by atoms with Gasteiger partial charge in [0, 0.05) is 18.2 Å². The van der Waals surface area contributed by atoms with Crippen LogP contribution >= 0.6 is 0 Å². The molecule has 0 aromatic heterocycles. The lowest BCUT2D eigenvalue weighted by molar-refractivity contribution is -0.136. The number of hydrogen-bond acceptors (Lipinski definition) is 4. The van der Waals surface area contributed by atoms with Crippen LogP contribution in [-0.2, 0) is 4.79 Å². The molecule has 2 aromatic rings. The molecule has 0 aliphatic carbocycles. The van der Waals surface area contributed by atoms with Crippen molar-refractivity contribution in [3.8, 4) is 11.5 Å². The lowest BCUT2D eigenvalue weighted by atomic mass is 9.93. The van der Waals surface area contributed by atoms with Crippen molar-refractivity contribution in [3.05, 3.63) is 59.7 Å². The molecule has 2 N–H and O–H groups in total. The molecule has 5 nitrogen and oxygen atoms in total. The first-order valence-corrected chi connectivity index (χ1v) is 9.66. The monoisotopic (exact) mass is 366 g/mol. The maximum absolute atomic E-state index is 13.3. The third-order valence-electron chi connectivity index (χ3n) is 5.60. The molecule has 2 aliphatic rings. The Morgan fingerprint density at radius 1 is 1.11 bits per heavy atom. The first-order valence-electron chi connectivity index (χ1n) is 9.66. The summed E-state index contributed by atoms with van der Waals surface area (Å²) in [7, 11) is 0. The summed E-state index contributed by atoms with van der Waals surface area (Å²) in [4.78, 5) is 15.3. The van der Waals surface area contributed by atoms with E-state index in [0.717, 1.165) is 42.0 Å². The van der Waals surface area contributed by atoms with Gasteiger partial charge in [-0.05, 0) is 24.5 Å². The molecule has 0 saturated carbocycles. The predicted octanol–water partition coefficient (Wildman–Crippen LogP) is 3.46. The molecule has 142 valence electrons. The Kier molecular flexibility index (Phi) is 5.03. The number of hydrogen-bond donors (Lipinski definition) is 1. The maximum Gasteiger partial charge on any atom is 0.227 e. The zero-order chi connectivity index (χ0) is 18.8. The van der Waals surface area contributed by atoms with E-state index in [0.29, 0.717) is 13.2 Å². The Balaban J connectivity index is 1.57. The number of benzene rings is 2. The number of nitrogens with zero attached hydrogens (tertiary/aromatic N) is 1. The normalized spacial score (nSPS) is 21.0. The molecule has 0 spiro atoms. The van der Waals surface area contributed by atoms with E-state index < -0.39 is 0 Å². The van der Waals surface area contributed by atoms with Gasteiger partial charge in [0.05, 0.1) is 12.0 Å². The van der Waals surface area contributed by atoms with Crippen LogP contribution in [0.25, 0.3) is 0 Å².